The second kappa shape index (κ2) is 5.20. The van der Waals surface area contributed by atoms with E-state index in [9.17, 15) is 4.79 Å². The highest BCUT2D eigenvalue weighted by Crippen LogP contribution is 2.47. The number of carbonyl (C=O) groups is 1. The van der Waals surface area contributed by atoms with Crippen LogP contribution in [0.5, 0.6) is 0 Å². The molecule has 4 nitrogen and oxygen atoms in total. The molecule has 0 radical (unpaired) electrons. The molecule has 1 N–H and O–H groups in total. The molecule has 2 aliphatic carbocycles. The Balaban J connectivity index is 1.50. The van der Waals surface area contributed by atoms with Crippen LogP contribution >= 0.6 is 11.6 Å². The van der Waals surface area contributed by atoms with Crippen molar-refractivity contribution in [2.75, 3.05) is 0 Å². The van der Waals surface area contributed by atoms with Crippen LogP contribution in [0.1, 0.15) is 54.1 Å². The van der Waals surface area contributed by atoms with Gasteiger partial charge < -0.3 is 14.3 Å². The lowest BCUT2D eigenvalue weighted by Gasteiger charge is -2.20. The summed E-state index contributed by atoms with van der Waals surface area (Å²) < 4.78 is 5.95. The number of amides is 1. The summed E-state index contributed by atoms with van der Waals surface area (Å²) in [6.07, 6.45) is 4.97. The van der Waals surface area contributed by atoms with Gasteiger partial charge in [0.2, 0.25) is 0 Å². The third kappa shape index (κ3) is 2.68. The van der Waals surface area contributed by atoms with Gasteiger partial charge in [0.05, 0.1) is 11.6 Å². The molecule has 0 aliphatic heterocycles. The van der Waals surface area contributed by atoms with E-state index in [4.69, 9.17) is 16.0 Å². The SMILES string of the molecule is C[C@@H]1C[C@@H]1c1ccc(CN(C(=O)c2cc(Cl)c[nH]2)C2CC2)o1. The van der Waals surface area contributed by atoms with Crippen molar-refractivity contribution in [3.8, 4) is 0 Å². The van der Waals surface area contributed by atoms with Gasteiger partial charge in [0.15, 0.2) is 0 Å². The Morgan fingerprint density at radius 3 is 2.82 bits per heavy atom. The van der Waals surface area contributed by atoms with Gasteiger partial charge in [-0.1, -0.05) is 18.5 Å². The number of hydrogen-bond donors (Lipinski definition) is 1. The summed E-state index contributed by atoms with van der Waals surface area (Å²) >= 11 is 5.90. The molecule has 2 atom stereocenters. The number of aromatic amines is 1. The minimum Gasteiger partial charge on any atom is -0.464 e. The van der Waals surface area contributed by atoms with Crippen LogP contribution in [-0.4, -0.2) is 21.8 Å². The maximum absolute atomic E-state index is 12.6. The van der Waals surface area contributed by atoms with Gasteiger partial charge in [0.25, 0.3) is 5.91 Å². The van der Waals surface area contributed by atoms with Crippen LogP contribution in [-0.2, 0) is 6.54 Å². The number of halogens is 1. The summed E-state index contributed by atoms with van der Waals surface area (Å²) in [6, 6.07) is 6.07. The van der Waals surface area contributed by atoms with E-state index in [1.165, 1.54) is 6.42 Å². The quantitative estimate of drug-likeness (QED) is 0.898. The summed E-state index contributed by atoms with van der Waals surface area (Å²) in [5.41, 5.74) is 0.541. The molecule has 0 aromatic carbocycles. The highest BCUT2D eigenvalue weighted by molar-refractivity contribution is 6.30. The zero-order valence-corrected chi connectivity index (χ0v) is 13.3. The third-order valence-corrected chi connectivity index (χ3v) is 4.83. The molecular weight excluding hydrogens is 300 g/mol. The molecule has 0 spiro atoms. The lowest BCUT2D eigenvalue weighted by Crippen LogP contribution is -2.32. The minimum atomic E-state index is -0.00728. The fourth-order valence-electron chi connectivity index (χ4n) is 2.96. The van der Waals surface area contributed by atoms with E-state index in [-0.39, 0.29) is 5.91 Å². The number of rotatable bonds is 5. The first-order chi connectivity index (χ1) is 10.6. The van der Waals surface area contributed by atoms with Gasteiger partial charge in [-0.05, 0) is 43.4 Å². The van der Waals surface area contributed by atoms with Gasteiger partial charge in [-0.25, -0.2) is 0 Å². The van der Waals surface area contributed by atoms with Crippen LogP contribution in [0.2, 0.25) is 5.02 Å². The van der Waals surface area contributed by atoms with Crippen LogP contribution in [0.15, 0.2) is 28.8 Å². The molecule has 0 saturated heterocycles. The van der Waals surface area contributed by atoms with Gasteiger partial charge in [0, 0.05) is 18.2 Å². The monoisotopic (exact) mass is 318 g/mol. The number of furan rings is 1. The highest BCUT2D eigenvalue weighted by Gasteiger charge is 2.37. The van der Waals surface area contributed by atoms with E-state index in [2.05, 4.69) is 18.0 Å². The first kappa shape index (κ1) is 13.9. The zero-order chi connectivity index (χ0) is 15.3. The summed E-state index contributed by atoms with van der Waals surface area (Å²) in [5.74, 6) is 3.22. The molecule has 5 heteroatoms. The van der Waals surface area contributed by atoms with Crippen LogP contribution in [0, 0.1) is 5.92 Å². The predicted molar refractivity (Wildman–Crippen MR) is 83.9 cm³/mol. The van der Waals surface area contributed by atoms with E-state index < -0.39 is 0 Å². The Kier molecular flexibility index (Phi) is 3.30. The molecule has 0 unspecified atom stereocenters. The van der Waals surface area contributed by atoms with Crippen LogP contribution < -0.4 is 0 Å². The van der Waals surface area contributed by atoms with Crippen molar-refractivity contribution in [2.45, 2.75) is 44.7 Å². The number of nitrogens with one attached hydrogen (secondary N) is 1. The number of aromatic nitrogens is 1. The van der Waals surface area contributed by atoms with Crippen molar-refractivity contribution in [2.24, 2.45) is 5.92 Å². The van der Waals surface area contributed by atoms with E-state index in [1.54, 1.807) is 12.3 Å². The number of H-pyrrole nitrogens is 1. The Labute approximate surface area is 134 Å². The van der Waals surface area contributed by atoms with Crippen molar-refractivity contribution in [1.82, 2.24) is 9.88 Å². The second-order valence-corrected chi connectivity index (χ2v) is 6.96. The lowest BCUT2D eigenvalue weighted by atomic mass is 10.3. The average molecular weight is 319 g/mol. The Morgan fingerprint density at radius 1 is 1.45 bits per heavy atom. The van der Waals surface area contributed by atoms with Crippen molar-refractivity contribution in [3.63, 3.8) is 0 Å². The highest BCUT2D eigenvalue weighted by atomic mass is 35.5. The number of nitrogens with zero attached hydrogens (tertiary/aromatic N) is 1. The maximum Gasteiger partial charge on any atom is 0.270 e. The fraction of sp³-hybridized carbons (Fsp3) is 0.471. The van der Waals surface area contributed by atoms with Crippen molar-refractivity contribution < 1.29 is 9.21 Å². The molecule has 22 heavy (non-hydrogen) atoms. The normalized spacial score (nSPS) is 23.5. The smallest absolute Gasteiger partial charge is 0.270 e. The summed E-state index contributed by atoms with van der Waals surface area (Å²) in [4.78, 5) is 17.5. The van der Waals surface area contributed by atoms with Crippen LogP contribution in [0.4, 0.5) is 0 Å². The van der Waals surface area contributed by atoms with Gasteiger partial charge in [0.1, 0.15) is 17.2 Å². The molecule has 2 aromatic rings. The first-order valence-corrected chi connectivity index (χ1v) is 8.23. The molecule has 2 aromatic heterocycles. The van der Waals surface area contributed by atoms with Crippen molar-refractivity contribution >= 4 is 17.5 Å². The zero-order valence-electron chi connectivity index (χ0n) is 12.5. The third-order valence-electron chi connectivity index (χ3n) is 4.61. The van der Waals surface area contributed by atoms with Crippen molar-refractivity contribution in [1.29, 1.82) is 0 Å². The number of hydrogen-bond acceptors (Lipinski definition) is 2. The van der Waals surface area contributed by atoms with E-state index in [0.29, 0.717) is 29.2 Å². The molecule has 4 rings (SSSR count). The van der Waals surface area contributed by atoms with Crippen LogP contribution in [0.3, 0.4) is 0 Å². The van der Waals surface area contributed by atoms with Gasteiger partial charge in [-0.2, -0.15) is 0 Å². The summed E-state index contributed by atoms with van der Waals surface area (Å²) in [5, 5.41) is 0.558. The molecule has 2 aliphatic rings. The molecule has 0 bridgehead atoms. The van der Waals surface area contributed by atoms with Gasteiger partial charge in [-0.15, -0.1) is 0 Å². The van der Waals surface area contributed by atoms with Crippen molar-refractivity contribution in [3.05, 3.63) is 46.6 Å². The summed E-state index contributed by atoms with van der Waals surface area (Å²) in [6.45, 7) is 2.77. The first-order valence-electron chi connectivity index (χ1n) is 7.85. The Morgan fingerprint density at radius 2 is 2.23 bits per heavy atom. The predicted octanol–water partition coefficient (Wildman–Crippen LogP) is 4.19. The molecule has 2 saturated carbocycles. The molecule has 2 fully saturated rings. The van der Waals surface area contributed by atoms with E-state index >= 15 is 0 Å². The second-order valence-electron chi connectivity index (χ2n) is 6.52. The maximum atomic E-state index is 12.6. The average Bonchev–Trinajstić information content (AvgIpc) is 3.37. The molecule has 1 amide bonds. The standard InChI is InChI=1S/C17H19ClN2O2/c1-10-6-14(10)16-5-4-13(22-16)9-20(12-2-3-12)17(21)15-7-11(18)8-19-15/h4-5,7-8,10,12,14,19H,2-3,6,9H2,1H3/t10-,14+/m1/s1. The fourth-order valence-corrected chi connectivity index (χ4v) is 3.13. The Bertz CT molecular complexity index is 701. The molecule has 2 heterocycles. The largest absolute Gasteiger partial charge is 0.464 e. The summed E-state index contributed by atoms with van der Waals surface area (Å²) in [7, 11) is 0. The molecule has 116 valence electrons. The Hall–Kier alpha value is -1.68. The number of carbonyl (C=O) groups excluding carboxylic acids is 1. The van der Waals surface area contributed by atoms with E-state index in [1.807, 2.05) is 11.0 Å². The van der Waals surface area contributed by atoms with Gasteiger partial charge in [-0.3, -0.25) is 4.79 Å². The molecular formula is C17H19ClN2O2. The lowest BCUT2D eigenvalue weighted by molar-refractivity contribution is 0.0711. The van der Waals surface area contributed by atoms with Crippen LogP contribution in [0.25, 0.3) is 0 Å². The van der Waals surface area contributed by atoms with Gasteiger partial charge >= 0.3 is 0 Å². The topological polar surface area (TPSA) is 49.2 Å². The van der Waals surface area contributed by atoms with E-state index in [0.717, 1.165) is 30.3 Å². The minimum absolute atomic E-state index is 0.00728.